The molecule has 0 atom stereocenters. The summed E-state index contributed by atoms with van der Waals surface area (Å²) in [5.41, 5.74) is 2.78. The fraction of sp³-hybridized carbons (Fsp3) is 0.121. The Morgan fingerprint density at radius 2 is 1.67 bits per heavy atom. The number of para-hydroxylation sites is 1. The number of esters is 1. The van der Waals surface area contributed by atoms with Gasteiger partial charge in [0.15, 0.2) is 0 Å². The van der Waals surface area contributed by atoms with Crippen LogP contribution in [0, 0.1) is 10.1 Å². The predicted molar refractivity (Wildman–Crippen MR) is 168 cm³/mol. The van der Waals surface area contributed by atoms with E-state index in [0.29, 0.717) is 27.1 Å². The highest BCUT2D eigenvalue weighted by molar-refractivity contribution is 7.21. The first-order valence-electron chi connectivity index (χ1n) is 13.7. The molecular formula is C33H25N3O6S. The molecule has 0 unspecified atom stereocenters. The highest BCUT2D eigenvalue weighted by Gasteiger charge is 2.25. The van der Waals surface area contributed by atoms with Gasteiger partial charge in [0, 0.05) is 47.9 Å². The second-order valence-corrected chi connectivity index (χ2v) is 10.7. The highest BCUT2D eigenvalue weighted by atomic mass is 32.1. The smallest absolute Gasteiger partial charge is 0.347 e. The molecule has 2 heterocycles. The number of carbonyl (C=O) groups is 1. The SMILES string of the molecule is CCN(CC)c1ccc2c(-c3ccccc3C(=O)Oc3ccc([N+](=O)[O-])cc3)c(-c3nc4ccccc4s3)c(=O)oc2c1. The van der Waals surface area contributed by atoms with Crippen molar-refractivity contribution in [2.24, 2.45) is 0 Å². The van der Waals surface area contributed by atoms with Crippen LogP contribution in [-0.4, -0.2) is 29.0 Å². The quantitative estimate of drug-likeness (QED) is 0.0581. The zero-order valence-corrected chi connectivity index (χ0v) is 24.1. The maximum atomic E-state index is 13.8. The number of hydrogen-bond acceptors (Lipinski definition) is 9. The average molecular weight is 592 g/mol. The lowest BCUT2D eigenvalue weighted by molar-refractivity contribution is -0.384. The van der Waals surface area contributed by atoms with Gasteiger partial charge in [-0.2, -0.15) is 0 Å². The van der Waals surface area contributed by atoms with Crippen molar-refractivity contribution in [3.8, 4) is 27.4 Å². The zero-order chi connectivity index (χ0) is 30.1. The van der Waals surface area contributed by atoms with Gasteiger partial charge in [-0.1, -0.05) is 30.3 Å². The molecule has 0 bridgehead atoms. The Morgan fingerprint density at radius 1 is 0.953 bits per heavy atom. The fourth-order valence-corrected chi connectivity index (χ4v) is 6.11. The summed E-state index contributed by atoms with van der Waals surface area (Å²) >= 11 is 1.37. The summed E-state index contributed by atoms with van der Waals surface area (Å²) < 4.78 is 12.5. The van der Waals surface area contributed by atoms with Gasteiger partial charge in [-0.25, -0.2) is 14.6 Å². The minimum absolute atomic E-state index is 0.118. The van der Waals surface area contributed by atoms with E-state index in [0.717, 1.165) is 29.0 Å². The summed E-state index contributed by atoms with van der Waals surface area (Å²) in [4.78, 5) is 44.8. The lowest BCUT2D eigenvalue weighted by Gasteiger charge is -2.21. The number of rotatable bonds is 8. The third-order valence-corrected chi connectivity index (χ3v) is 8.26. The van der Waals surface area contributed by atoms with Crippen LogP contribution < -0.4 is 15.3 Å². The molecule has 4 aromatic carbocycles. The summed E-state index contributed by atoms with van der Waals surface area (Å²) in [7, 11) is 0. The molecule has 0 fully saturated rings. The summed E-state index contributed by atoms with van der Waals surface area (Å²) in [6.07, 6.45) is 0. The van der Waals surface area contributed by atoms with E-state index >= 15 is 0 Å². The number of hydrogen-bond donors (Lipinski definition) is 0. The van der Waals surface area contributed by atoms with E-state index in [-0.39, 0.29) is 22.6 Å². The number of non-ortho nitro benzene ring substituents is 1. The molecule has 0 amide bonds. The molecule has 0 N–H and O–H groups in total. The molecule has 0 aliphatic rings. The normalized spacial score (nSPS) is 11.1. The second kappa shape index (κ2) is 11.5. The Hall–Kier alpha value is -5.35. The van der Waals surface area contributed by atoms with Crippen molar-refractivity contribution in [2.45, 2.75) is 13.8 Å². The van der Waals surface area contributed by atoms with E-state index in [1.807, 2.05) is 42.5 Å². The number of ether oxygens (including phenoxy) is 1. The number of thiazole rings is 1. The number of nitro benzene ring substituents is 1. The van der Waals surface area contributed by atoms with Gasteiger partial charge in [0.2, 0.25) is 0 Å². The largest absolute Gasteiger partial charge is 0.423 e. The first kappa shape index (κ1) is 27.8. The van der Waals surface area contributed by atoms with Crippen LogP contribution in [0.5, 0.6) is 5.75 Å². The average Bonchev–Trinajstić information content (AvgIpc) is 3.45. The van der Waals surface area contributed by atoms with Gasteiger partial charge in [-0.3, -0.25) is 10.1 Å². The molecule has 214 valence electrons. The van der Waals surface area contributed by atoms with Crippen LogP contribution in [0.15, 0.2) is 100 Å². The number of nitrogens with zero attached hydrogens (tertiary/aromatic N) is 3. The fourth-order valence-electron chi connectivity index (χ4n) is 5.11. The molecule has 9 nitrogen and oxygen atoms in total. The van der Waals surface area contributed by atoms with Crippen LogP contribution in [0.3, 0.4) is 0 Å². The van der Waals surface area contributed by atoms with Crippen molar-refractivity contribution in [3.05, 3.63) is 117 Å². The molecule has 0 saturated carbocycles. The monoisotopic (exact) mass is 591 g/mol. The predicted octanol–water partition coefficient (Wildman–Crippen LogP) is 7.71. The van der Waals surface area contributed by atoms with Gasteiger partial charge in [0.25, 0.3) is 5.69 Å². The maximum Gasteiger partial charge on any atom is 0.347 e. The van der Waals surface area contributed by atoms with Crippen LogP contribution >= 0.6 is 11.3 Å². The molecule has 6 rings (SSSR count). The first-order valence-corrected chi connectivity index (χ1v) is 14.5. The Balaban J connectivity index is 1.56. The molecule has 10 heteroatoms. The topological polar surface area (TPSA) is 116 Å². The molecule has 0 aliphatic heterocycles. The molecule has 0 radical (unpaired) electrons. The summed E-state index contributed by atoms with van der Waals surface area (Å²) in [5, 5.41) is 12.2. The van der Waals surface area contributed by atoms with Crippen LogP contribution in [0.2, 0.25) is 0 Å². The minimum Gasteiger partial charge on any atom is -0.423 e. The van der Waals surface area contributed by atoms with E-state index in [1.165, 1.54) is 35.6 Å². The van der Waals surface area contributed by atoms with Gasteiger partial charge in [0.05, 0.1) is 20.7 Å². The third kappa shape index (κ3) is 5.24. The Morgan fingerprint density at radius 3 is 2.40 bits per heavy atom. The van der Waals surface area contributed by atoms with Gasteiger partial charge in [-0.15, -0.1) is 11.3 Å². The van der Waals surface area contributed by atoms with Crippen molar-refractivity contribution in [1.29, 1.82) is 0 Å². The van der Waals surface area contributed by atoms with Crippen molar-refractivity contribution in [3.63, 3.8) is 0 Å². The molecule has 43 heavy (non-hydrogen) atoms. The standard InChI is InChI=1S/C33H25N3O6S/c1-3-35(4-2)21-15-18-25-27(19-21)42-33(38)30(31-34-26-11-7-8-12-28(26)43-31)29(25)23-9-5-6-10-24(23)32(37)41-22-16-13-20(14-17-22)36(39)40/h5-19H,3-4H2,1-2H3. The van der Waals surface area contributed by atoms with E-state index in [4.69, 9.17) is 14.1 Å². The number of aromatic nitrogens is 1. The Kier molecular flexibility index (Phi) is 7.43. The van der Waals surface area contributed by atoms with Gasteiger partial charge >= 0.3 is 11.6 Å². The number of nitro groups is 1. The summed E-state index contributed by atoms with van der Waals surface area (Å²) in [6, 6.07) is 25.5. The molecular weight excluding hydrogens is 566 g/mol. The van der Waals surface area contributed by atoms with Gasteiger partial charge in [0.1, 0.15) is 21.9 Å². The molecule has 0 saturated heterocycles. The maximum absolute atomic E-state index is 13.8. The molecule has 0 aliphatic carbocycles. The molecule has 0 spiro atoms. The zero-order valence-electron chi connectivity index (χ0n) is 23.3. The van der Waals surface area contributed by atoms with Crippen molar-refractivity contribution < 1.29 is 18.9 Å². The van der Waals surface area contributed by atoms with Crippen LogP contribution in [0.25, 0.3) is 42.9 Å². The Labute approximate surface area is 249 Å². The Bertz CT molecular complexity index is 2030. The minimum atomic E-state index is -0.680. The number of benzene rings is 4. The van der Waals surface area contributed by atoms with E-state index in [2.05, 4.69) is 18.7 Å². The van der Waals surface area contributed by atoms with Gasteiger partial charge < -0.3 is 14.1 Å². The lowest BCUT2D eigenvalue weighted by atomic mass is 9.93. The molecule has 2 aromatic heterocycles. The van der Waals surface area contributed by atoms with E-state index in [1.54, 1.807) is 24.3 Å². The van der Waals surface area contributed by atoms with Crippen molar-refractivity contribution >= 4 is 49.9 Å². The van der Waals surface area contributed by atoms with Crippen molar-refractivity contribution in [2.75, 3.05) is 18.0 Å². The number of fused-ring (bicyclic) bond motifs is 2. The summed E-state index contributed by atoms with van der Waals surface area (Å²) in [6.45, 7) is 5.66. The summed E-state index contributed by atoms with van der Waals surface area (Å²) in [5.74, 6) is -0.529. The third-order valence-electron chi connectivity index (χ3n) is 7.20. The van der Waals surface area contributed by atoms with E-state index < -0.39 is 16.5 Å². The number of anilines is 1. The van der Waals surface area contributed by atoms with Gasteiger partial charge in [-0.05, 0) is 61.9 Å². The van der Waals surface area contributed by atoms with Crippen LogP contribution in [0.4, 0.5) is 11.4 Å². The van der Waals surface area contributed by atoms with Crippen LogP contribution in [-0.2, 0) is 0 Å². The molecule has 6 aromatic rings. The van der Waals surface area contributed by atoms with Crippen molar-refractivity contribution in [1.82, 2.24) is 4.98 Å². The first-order chi connectivity index (χ1) is 20.9. The van der Waals surface area contributed by atoms with Crippen LogP contribution in [0.1, 0.15) is 24.2 Å². The number of carbonyl (C=O) groups excluding carboxylic acids is 1. The second-order valence-electron chi connectivity index (χ2n) is 9.67. The lowest BCUT2D eigenvalue weighted by Crippen LogP contribution is -2.21. The van der Waals surface area contributed by atoms with E-state index in [9.17, 15) is 19.7 Å². The highest BCUT2D eigenvalue weighted by Crippen LogP contribution is 2.41.